The molecule has 9 nitrogen and oxygen atoms in total. The summed E-state index contributed by atoms with van der Waals surface area (Å²) in [7, 11) is 1.84. The van der Waals surface area contributed by atoms with Gasteiger partial charge in [0.2, 0.25) is 5.65 Å². The highest BCUT2D eigenvalue weighted by Gasteiger charge is 2.26. The van der Waals surface area contributed by atoms with Gasteiger partial charge >= 0.3 is 11.6 Å². The molecule has 0 saturated carbocycles. The molecule has 1 aromatic carbocycles. The van der Waals surface area contributed by atoms with Crippen molar-refractivity contribution in [2.24, 2.45) is 7.05 Å². The van der Waals surface area contributed by atoms with Crippen molar-refractivity contribution in [3.8, 4) is 22.4 Å². The van der Waals surface area contributed by atoms with Crippen molar-refractivity contribution in [1.82, 2.24) is 29.5 Å². The summed E-state index contributed by atoms with van der Waals surface area (Å²) in [5.74, 6) is 0.117. The fourth-order valence-electron chi connectivity index (χ4n) is 4.03. The monoisotopic (exact) mass is 427 g/mol. The van der Waals surface area contributed by atoms with Gasteiger partial charge in [-0.1, -0.05) is 30.3 Å². The number of benzene rings is 1. The summed E-state index contributed by atoms with van der Waals surface area (Å²) in [6.45, 7) is 4.18. The van der Waals surface area contributed by atoms with E-state index in [9.17, 15) is 4.79 Å². The predicted octanol–water partition coefficient (Wildman–Crippen LogP) is 2.02. The van der Waals surface area contributed by atoms with Crippen LogP contribution in [0.2, 0.25) is 0 Å². The largest absolute Gasteiger partial charge is 0.428 e. The summed E-state index contributed by atoms with van der Waals surface area (Å²) in [6, 6.07) is 15.7. The minimum Gasteiger partial charge on any atom is -0.319 e. The smallest absolute Gasteiger partial charge is 0.319 e. The molecule has 0 radical (unpaired) electrons. The van der Waals surface area contributed by atoms with Crippen LogP contribution in [-0.4, -0.2) is 29.5 Å². The highest BCUT2D eigenvalue weighted by Crippen LogP contribution is 2.33. The van der Waals surface area contributed by atoms with Gasteiger partial charge in [-0.25, -0.2) is 9.89 Å². The van der Waals surface area contributed by atoms with Gasteiger partial charge in [0.25, 0.3) is 0 Å². The van der Waals surface area contributed by atoms with Crippen molar-refractivity contribution < 1.29 is 4.40 Å². The summed E-state index contributed by atoms with van der Waals surface area (Å²) < 4.78 is 4.61. The molecule has 5 rings (SSSR count). The van der Waals surface area contributed by atoms with E-state index in [-0.39, 0.29) is 18.2 Å². The number of aryl methyl sites for hydroxylation is 3. The molecule has 9 heteroatoms. The van der Waals surface area contributed by atoms with Crippen molar-refractivity contribution in [3.63, 3.8) is 0 Å². The molecule has 0 bridgehead atoms. The van der Waals surface area contributed by atoms with Gasteiger partial charge in [-0.2, -0.15) is 9.78 Å². The topological polar surface area (TPSA) is 112 Å². The molecule has 0 amide bonds. The molecule has 0 aliphatic heterocycles. The Hall–Kier alpha value is -4.27. The van der Waals surface area contributed by atoms with E-state index in [0.29, 0.717) is 11.3 Å². The molecule has 3 N–H and O–H groups in total. The molecule has 0 spiro atoms. The van der Waals surface area contributed by atoms with Gasteiger partial charge in [0.1, 0.15) is 12.2 Å². The second-order valence-corrected chi connectivity index (χ2v) is 7.84. The van der Waals surface area contributed by atoms with Crippen LogP contribution in [0, 0.1) is 13.8 Å². The molecule has 0 aliphatic rings. The molecule has 4 heterocycles. The molecule has 5 aromatic rings. The lowest BCUT2D eigenvalue weighted by Gasteiger charge is -2.10. The summed E-state index contributed by atoms with van der Waals surface area (Å²) in [6.07, 6.45) is 1.84. The van der Waals surface area contributed by atoms with Crippen LogP contribution >= 0.6 is 0 Å². The summed E-state index contributed by atoms with van der Waals surface area (Å²) in [4.78, 5) is 22.4. The Morgan fingerprint density at radius 3 is 2.41 bits per heavy atom. The van der Waals surface area contributed by atoms with Gasteiger partial charge in [-0.05, 0) is 37.6 Å². The molecule has 0 saturated heterocycles. The predicted molar refractivity (Wildman–Crippen MR) is 121 cm³/mol. The van der Waals surface area contributed by atoms with Crippen molar-refractivity contribution in [3.05, 3.63) is 82.3 Å². The number of aromatic nitrogens is 7. The van der Waals surface area contributed by atoms with E-state index in [1.807, 2.05) is 75.6 Å². The number of pyridine rings is 1. The minimum atomic E-state index is -0.306. The van der Waals surface area contributed by atoms with E-state index < -0.39 is 0 Å². The van der Waals surface area contributed by atoms with Crippen LogP contribution in [0.25, 0.3) is 28.0 Å². The average molecular weight is 427 g/mol. The Balaban J connectivity index is 1.83. The van der Waals surface area contributed by atoms with Crippen LogP contribution < -0.4 is 15.8 Å². The Morgan fingerprint density at radius 1 is 1.03 bits per heavy atom. The number of rotatable bonds is 4. The van der Waals surface area contributed by atoms with Crippen LogP contribution in [0.5, 0.6) is 0 Å². The number of fused-ring (bicyclic) bond motifs is 1. The average Bonchev–Trinajstić information content (AvgIpc) is 3.31. The first-order chi connectivity index (χ1) is 15.4. The number of hydrogen-bond donors (Lipinski definition) is 2. The molecular formula is C23H23N8O+. The molecule has 4 aromatic heterocycles. The second kappa shape index (κ2) is 7.45. The molecular weight excluding hydrogens is 404 g/mol. The third-order valence-corrected chi connectivity index (χ3v) is 5.32. The van der Waals surface area contributed by atoms with E-state index in [0.717, 1.165) is 33.8 Å². The number of H-pyrrole nitrogens is 1. The van der Waals surface area contributed by atoms with Gasteiger partial charge in [-0.15, -0.1) is 9.38 Å². The normalized spacial score (nSPS) is 11.3. The standard InChI is InChI=1S/C23H22N8O/c1-14-11-17(12-15(2)25-14)19-20(16-7-5-4-6-8-16)26-22(24)31-21(19)28-30(23(31)32)13-18-9-10-29(3)27-18/h4-12H,13H2,1-3H3,(H2,24,25,26,28)/p+1. The maximum absolute atomic E-state index is 13.3. The van der Waals surface area contributed by atoms with Crippen molar-refractivity contribution in [2.75, 3.05) is 5.73 Å². The summed E-state index contributed by atoms with van der Waals surface area (Å²) in [5.41, 5.74) is 12.4. The zero-order valence-corrected chi connectivity index (χ0v) is 18.1. The summed E-state index contributed by atoms with van der Waals surface area (Å²) in [5, 5.41) is 7.64. The van der Waals surface area contributed by atoms with Gasteiger partial charge < -0.3 is 5.73 Å². The van der Waals surface area contributed by atoms with Crippen LogP contribution in [0.1, 0.15) is 17.1 Å². The lowest BCUT2D eigenvalue weighted by Crippen LogP contribution is -2.44. The third kappa shape index (κ3) is 3.33. The lowest BCUT2D eigenvalue weighted by molar-refractivity contribution is -0.516. The number of nitrogens with one attached hydrogen (secondary N) is 1. The Bertz CT molecular complexity index is 1490. The van der Waals surface area contributed by atoms with E-state index in [1.165, 1.54) is 9.08 Å². The number of nitrogens with two attached hydrogens (primary N) is 1. The fraction of sp³-hybridized carbons (Fsp3) is 0.174. The highest BCUT2D eigenvalue weighted by molar-refractivity contribution is 5.88. The maximum Gasteiger partial charge on any atom is 0.428 e. The zero-order valence-electron chi connectivity index (χ0n) is 18.1. The highest BCUT2D eigenvalue weighted by atomic mass is 16.2. The van der Waals surface area contributed by atoms with Crippen molar-refractivity contribution in [1.29, 1.82) is 0 Å². The Morgan fingerprint density at radius 2 is 1.75 bits per heavy atom. The zero-order chi connectivity index (χ0) is 22.4. The van der Waals surface area contributed by atoms with Gasteiger partial charge in [-0.3, -0.25) is 9.67 Å². The van der Waals surface area contributed by atoms with Crippen LogP contribution in [0.15, 0.2) is 59.5 Å². The van der Waals surface area contributed by atoms with E-state index in [2.05, 4.69) is 20.2 Å². The number of nitrogens with zero attached hydrogens (tertiary/aromatic N) is 6. The lowest BCUT2D eigenvalue weighted by atomic mass is 9.99. The Kier molecular flexibility index (Phi) is 4.58. The van der Waals surface area contributed by atoms with Gasteiger partial charge in [0, 0.05) is 30.2 Å². The van der Waals surface area contributed by atoms with E-state index in [4.69, 9.17) is 5.73 Å². The van der Waals surface area contributed by atoms with Crippen molar-refractivity contribution in [2.45, 2.75) is 20.4 Å². The van der Waals surface area contributed by atoms with Crippen molar-refractivity contribution >= 4 is 11.6 Å². The molecule has 0 unspecified atom stereocenters. The van der Waals surface area contributed by atoms with Crippen LogP contribution in [0.4, 0.5) is 5.95 Å². The van der Waals surface area contributed by atoms with Crippen LogP contribution in [0.3, 0.4) is 0 Å². The molecule has 0 atom stereocenters. The Labute approximate surface area is 183 Å². The first kappa shape index (κ1) is 19.7. The number of anilines is 1. The van der Waals surface area contributed by atoms with Gasteiger partial charge in [0.05, 0.1) is 11.3 Å². The number of aromatic amines is 1. The second-order valence-electron chi connectivity index (χ2n) is 7.84. The first-order valence-corrected chi connectivity index (χ1v) is 10.2. The molecule has 0 fully saturated rings. The van der Waals surface area contributed by atoms with Crippen LogP contribution in [-0.2, 0) is 13.6 Å². The fourth-order valence-corrected chi connectivity index (χ4v) is 4.03. The van der Waals surface area contributed by atoms with E-state index >= 15 is 0 Å². The first-order valence-electron chi connectivity index (χ1n) is 10.2. The quantitative estimate of drug-likeness (QED) is 0.426. The minimum absolute atomic E-state index is 0.117. The molecule has 0 aliphatic carbocycles. The summed E-state index contributed by atoms with van der Waals surface area (Å²) >= 11 is 0. The molecule has 160 valence electrons. The van der Waals surface area contributed by atoms with Gasteiger partial charge in [0.15, 0.2) is 0 Å². The number of hydrogen-bond acceptors (Lipinski definition) is 5. The SMILES string of the molecule is Cc1cc(-c2c(-c3ccccc3)nc(N)[n+]3c(=O)n(Cc4ccn(C)n4)[nH]c23)cc(C)n1. The maximum atomic E-state index is 13.3. The van der Waals surface area contributed by atoms with E-state index in [1.54, 1.807) is 4.68 Å². The molecule has 32 heavy (non-hydrogen) atoms. The number of nitrogen functional groups attached to an aromatic ring is 1. The third-order valence-electron chi connectivity index (χ3n) is 5.32.